The number of furan rings is 2. The summed E-state index contributed by atoms with van der Waals surface area (Å²) in [6.45, 7) is 0. The fourth-order valence-electron chi connectivity index (χ4n) is 8.80. The van der Waals surface area contributed by atoms with Crippen LogP contribution in [-0.2, 0) is 0 Å². The molecule has 0 N–H and O–H groups in total. The van der Waals surface area contributed by atoms with Crippen molar-refractivity contribution in [2.24, 2.45) is 10.9 Å². The molecule has 1 aliphatic heterocycles. The van der Waals surface area contributed by atoms with Crippen LogP contribution in [0.1, 0.15) is 17.5 Å². The van der Waals surface area contributed by atoms with Gasteiger partial charge in [0.1, 0.15) is 22.2 Å². The average Bonchev–Trinajstić information content (AvgIpc) is 3.87. The molecular formula is C52H32N4O2. The zero-order chi connectivity index (χ0) is 38.2. The fourth-order valence-corrected chi connectivity index (χ4v) is 8.80. The molecule has 1 unspecified atom stereocenters. The molecule has 12 rings (SSSR count). The van der Waals surface area contributed by atoms with Crippen molar-refractivity contribution in [2.75, 3.05) is 0 Å². The van der Waals surface area contributed by atoms with Crippen molar-refractivity contribution in [3.8, 4) is 45.3 Å². The molecule has 0 amide bonds. The highest BCUT2D eigenvalue weighted by molar-refractivity contribution is 6.14. The van der Waals surface area contributed by atoms with Gasteiger partial charge in [-0.2, -0.15) is 0 Å². The summed E-state index contributed by atoms with van der Waals surface area (Å²) >= 11 is 0. The number of benzene rings is 7. The maximum absolute atomic E-state index is 6.56. The van der Waals surface area contributed by atoms with Gasteiger partial charge in [0.05, 0.1) is 11.4 Å². The Morgan fingerprint density at radius 1 is 0.448 bits per heavy atom. The molecule has 1 atom stereocenters. The van der Waals surface area contributed by atoms with Crippen molar-refractivity contribution in [3.05, 3.63) is 192 Å². The van der Waals surface area contributed by atoms with Crippen LogP contribution in [0, 0.1) is 5.92 Å². The minimum Gasteiger partial charge on any atom is -0.456 e. The van der Waals surface area contributed by atoms with E-state index >= 15 is 0 Å². The van der Waals surface area contributed by atoms with E-state index in [9.17, 15) is 0 Å². The third-order valence-corrected chi connectivity index (χ3v) is 11.5. The van der Waals surface area contributed by atoms with Gasteiger partial charge >= 0.3 is 0 Å². The molecular weight excluding hydrogens is 713 g/mol. The van der Waals surface area contributed by atoms with E-state index < -0.39 is 0 Å². The minimum absolute atomic E-state index is 0.124. The Hall–Kier alpha value is -7.70. The van der Waals surface area contributed by atoms with Gasteiger partial charge in [-0.3, -0.25) is 4.99 Å². The Balaban J connectivity index is 0.980. The maximum Gasteiger partial charge on any atom is 0.164 e. The molecule has 272 valence electrons. The third kappa shape index (κ3) is 5.19. The van der Waals surface area contributed by atoms with Crippen LogP contribution in [0.3, 0.4) is 0 Å². The van der Waals surface area contributed by atoms with E-state index in [1.54, 1.807) is 0 Å². The molecule has 1 aliphatic carbocycles. The molecule has 0 saturated carbocycles. The van der Waals surface area contributed by atoms with E-state index in [0.717, 1.165) is 94.7 Å². The molecule has 2 aliphatic rings. The number of rotatable bonds is 5. The van der Waals surface area contributed by atoms with Crippen LogP contribution in [0.25, 0.3) is 89.8 Å². The van der Waals surface area contributed by atoms with E-state index in [2.05, 4.69) is 115 Å². The molecule has 6 heteroatoms. The van der Waals surface area contributed by atoms with E-state index in [1.807, 2.05) is 60.7 Å². The Labute approximate surface area is 332 Å². The smallest absolute Gasteiger partial charge is 0.164 e. The van der Waals surface area contributed by atoms with Crippen LogP contribution in [-0.4, -0.2) is 20.7 Å². The van der Waals surface area contributed by atoms with Crippen molar-refractivity contribution in [2.45, 2.75) is 6.42 Å². The summed E-state index contributed by atoms with van der Waals surface area (Å²) in [5.41, 5.74) is 14.0. The average molecular weight is 745 g/mol. The van der Waals surface area contributed by atoms with E-state index in [-0.39, 0.29) is 5.92 Å². The van der Waals surface area contributed by atoms with Crippen molar-refractivity contribution >= 4 is 56.0 Å². The van der Waals surface area contributed by atoms with E-state index in [1.165, 1.54) is 11.1 Å². The summed E-state index contributed by atoms with van der Waals surface area (Å²) in [6.07, 6.45) is 3.07. The van der Waals surface area contributed by atoms with Crippen molar-refractivity contribution in [1.82, 2.24) is 15.0 Å². The quantitative estimate of drug-likeness (QED) is 0.175. The first-order valence-electron chi connectivity index (χ1n) is 19.6. The van der Waals surface area contributed by atoms with Crippen LogP contribution < -0.4 is 10.6 Å². The molecule has 0 bridgehead atoms. The number of fused-ring (bicyclic) bond motifs is 9. The number of nitrogens with zero attached hydrogens (tertiary/aromatic N) is 4. The first kappa shape index (κ1) is 32.5. The lowest BCUT2D eigenvalue weighted by atomic mass is 9.77. The Kier molecular flexibility index (Phi) is 7.25. The van der Waals surface area contributed by atoms with Crippen LogP contribution in [0.4, 0.5) is 5.69 Å². The summed E-state index contributed by atoms with van der Waals surface area (Å²) in [5.74, 6) is 1.93. The highest BCUT2D eigenvalue weighted by atomic mass is 16.3. The summed E-state index contributed by atoms with van der Waals surface area (Å²) in [7, 11) is 0. The Morgan fingerprint density at radius 2 is 1.07 bits per heavy atom. The topological polar surface area (TPSA) is 77.3 Å². The third-order valence-electron chi connectivity index (χ3n) is 11.5. The van der Waals surface area contributed by atoms with Gasteiger partial charge in [0.25, 0.3) is 0 Å². The van der Waals surface area contributed by atoms with Crippen LogP contribution in [0.2, 0.25) is 0 Å². The number of aliphatic imine (C=N–C) groups is 1. The lowest BCUT2D eigenvalue weighted by molar-refractivity contribution is 0.569. The second-order valence-corrected chi connectivity index (χ2v) is 14.9. The number of aromatic nitrogens is 3. The molecule has 0 saturated heterocycles. The predicted octanol–water partition coefficient (Wildman–Crippen LogP) is 11.3. The number of hydrogen-bond donors (Lipinski definition) is 0. The fraction of sp³-hybridized carbons (Fsp3) is 0.0385. The van der Waals surface area contributed by atoms with Gasteiger partial charge in [0.2, 0.25) is 0 Å². The standard InChI is InChI=1S/C52H32N4O2/c1-3-12-32(13-4-1)49-38-27-29-45-48(47(38)36-16-7-9-19-41(36)53-49)40-30-35(26-28-43(40)58-45)31-22-24-34(25-23-31)51-54-50(33-14-5-2-6-15-33)55-52(56-51)39-18-11-21-44-46(39)37-17-8-10-20-42(37)57-44/h1-26,28-30,38H,27H2. The highest BCUT2D eigenvalue weighted by Gasteiger charge is 2.32. The van der Waals surface area contributed by atoms with Crippen molar-refractivity contribution in [1.29, 1.82) is 0 Å². The molecule has 0 radical (unpaired) electrons. The Morgan fingerprint density at radius 3 is 1.90 bits per heavy atom. The molecule has 0 fully saturated rings. The van der Waals surface area contributed by atoms with Gasteiger partial charge < -0.3 is 8.83 Å². The van der Waals surface area contributed by atoms with Gasteiger partial charge in [-0.05, 0) is 65.1 Å². The predicted molar refractivity (Wildman–Crippen MR) is 232 cm³/mol. The van der Waals surface area contributed by atoms with Crippen LogP contribution in [0.15, 0.2) is 184 Å². The first-order valence-corrected chi connectivity index (χ1v) is 19.6. The number of hydrogen-bond acceptors (Lipinski definition) is 6. The largest absolute Gasteiger partial charge is 0.456 e. The molecule has 58 heavy (non-hydrogen) atoms. The second kappa shape index (κ2) is 12.9. The lowest BCUT2D eigenvalue weighted by Gasteiger charge is -2.29. The van der Waals surface area contributed by atoms with Crippen molar-refractivity contribution in [3.63, 3.8) is 0 Å². The SMILES string of the molecule is C1=c2oc3ccc(-c4ccc(-c5nc(-c6ccccc6)nc(-c6cccc7oc8ccccc8c67)n5)cc4)cc3c2=C2c3ccccc3N=C(c3ccccc3)C2C1. The van der Waals surface area contributed by atoms with Gasteiger partial charge in [-0.25, -0.2) is 15.0 Å². The molecule has 6 nitrogen and oxygen atoms in total. The lowest BCUT2D eigenvalue weighted by Crippen LogP contribution is -2.35. The molecule has 3 aromatic heterocycles. The normalized spacial score (nSPS) is 14.5. The molecule has 7 aromatic carbocycles. The summed E-state index contributed by atoms with van der Waals surface area (Å²) in [5, 5.41) is 4.28. The summed E-state index contributed by atoms with van der Waals surface area (Å²) < 4.78 is 12.8. The first-order chi connectivity index (χ1) is 28.7. The number of para-hydroxylation sites is 2. The van der Waals surface area contributed by atoms with E-state index in [4.69, 9.17) is 28.8 Å². The van der Waals surface area contributed by atoms with Crippen LogP contribution >= 0.6 is 0 Å². The summed E-state index contributed by atoms with van der Waals surface area (Å²) in [4.78, 5) is 20.4. The molecule has 4 heterocycles. The maximum atomic E-state index is 6.56. The van der Waals surface area contributed by atoms with Gasteiger partial charge in [-0.15, -0.1) is 0 Å². The zero-order valence-electron chi connectivity index (χ0n) is 31.1. The van der Waals surface area contributed by atoms with Gasteiger partial charge in [0, 0.05) is 49.5 Å². The second-order valence-electron chi connectivity index (χ2n) is 14.9. The minimum atomic E-state index is 0.124. The summed E-state index contributed by atoms with van der Waals surface area (Å²) in [6, 6.07) is 58.3. The Bertz CT molecular complexity index is 3420. The zero-order valence-corrected chi connectivity index (χ0v) is 31.1. The highest BCUT2D eigenvalue weighted by Crippen LogP contribution is 2.41. The monoisotopic (exact) mass is 744 g/mol. The molecule has 10 aromatic rings. The van der Waals surface area contributed by atoms with Crippen molar-refractivity contribution < 1.29 is 8.83 Å². The van der Waals surface area contributed by atoms with Gasteiger partial charge in [-0.1, -0.05) is 140 Å². The van der Waals surface area contributed by atoms with Gasteiger partial charge in [0.15, 0.2) is 17.5 Å². The molecule has 0 spiro atoms. The van der Waals surface area contributed by atoms with Crippen LogP contribution in [0.5, 0.6) is 0 Å². The van der Waals surface area contributed by atoms with E-state index in [0.29, 0.717) is 17.5 Å².